The van der Waals surface area contributed by atoms with Crippen molar-refractivity contribution in [3.8, 4) is 28.7 Å². The Morgan fingerprint density at radius 3 is 2.38 bits per heavy atom. The molecule has 0 aliphatic carbocycles. The number of carbonyl (C=O) groups excluding carboxylic acids is 2. The number of hydrogen-bond donors (Lipinski definition) is 1. The summed E-state index contributed by atoms with van der Waals surface area (Å²) in [6, 6.07) is 9.13. The van der Waals surface area contributed by atoms with Crippen LogP contribution in [0.4, 0.5) is 0 Å². The minimum Gasteiger partial charge on any atom is -0.507 e. The Kier molecular flexibility index (Phi) is 5.82. The van der Waals surface area contributed by atoms with Crippen LogP contribution in [0.3, 0.4) is 0 Å². The largest absolute Gasteiger partial charge is 0.507 e. The Hall–Kier alpha value is -3.81. The van der Waals surface area contributed by atoms with E-state index in [0.717, 1.165) is 0 Å². The van der Waals surface area contributed by atoms with Crippen molar-refractivity contribution in [3.63, 3.8) is 0 Å². The summed E-state index contributed by atoms with van der Waals surface area (Å²) in [5, 5.41) is 10.8. The average Bonchev–Trinajstić information content (AvgIpc) is 2.72. The first-order valence-electron chi connectivity index (χ1n) is 8.71. The van der Waals surface area contributed by atoms with E-state index in [1.54, 1.807) is 31.3 Å². The molecule has 0 spiro atoms. The van der Waals surface area contributed by atoms with Crippen LogP contribution in [-0.4, -0.2) is 42.7 Å². The third-order valence-corrected chi connectivity index (χ3v) is 4.11. The van der Waals surface area contributed by atoms with Crippen LogP contribution < -0.4 is 14.2 Å². The van der Waals surface area contributed by atoms with Gasteiger partial charge >= 0.3 is 5.97 Å². The molecule has 0 amide bonds. The monoisotopic (exact) mass is 397 g/mol. The second kappa shape index (κ2) is 8.47. The number of aromatic hydroxyl groups is 1. The van der Waals surface area contributed by atoms with Crippen LogP contribution >= 0.6 is 0 Å². The molecule has 0 aliphatic rings. The Labute approximate surface area is 166 Å². The van der Waals surface area contributed by atoms with Crippen LogP contribution in [0.1, 0.15) is 17.3 Å². The average molecular weight is 397 g/mol. The molecule has 0 aliphatic heterocycles. The molecule has 0 unspecified atom stereocenters. The molecule has 3 rings (SSSR count). The summed E-state index contributed by atoms with van der Waals surface area (Å²) < 4.78 is 21.1. The number of phenols is 1. The molecule has 1 heterocycles. The first-order chi connectivity index (χ1) is 14.0. The molecule has 8 nitrogen and oxygen atoms in total. The molecule has 150 valence electrons. The van der Waals surface area contributed by atoms with E-state index >= 15 is 0 Å². The molecule has 1 aromatic heterocycles. The molecule has 0 saturated carbocycles. The van der Waals surface area contributed by atoms with Gasteiger partial charge in [0.05, 0.1) is 31.9 Å². The summed E-state index contributed by atoms with van der Waals surface area (Å²) in [7, 11) is 3.06. The number of carbonyl (C=O) groups is 2. The summed E-state index contributed by atoms with van der Waals surface area (Å²) in [4.78, 5) is 27.9. The molecule has 1 N–H and O–H groups in total. The number of ether oxygens (including phenoxy) is 4. The van der Waals surface area contributed by atoms with Crippen molar-refractivity contribution in [3.05, 3.63) is 48.2 Å². The zero-order valence-electron chi connectivity index (χ0n) is 16.1. The van der Waals surface area contributed by atoms with Gasteiger partial charge in [-0.25, -0.2) is 4.79 Å². The summed E-state index contributed by atoms with van der Waals surface area (Å²) in [6.07, 6.45) is 1.57. The highest BCUT2D eigenvalue weighted by molar-refractivity contribution is 6.41. The number of rotatable bonds is 7. The van der Waals surface area contributed by atoms with E-state index in [1.807, 2.05) is 0 Å². The maximum Gasteiger partial charge on any atom is 0.379 e. The van der Waals surface area contributed by atoms with Crippen LogP contribution in [0.5, 0.6) is 28.7 Å². The van der Waals surface area contributed by atoms with E-state index in [4.69, 9.17) is 14.2 Å². The van der Waals surface area contributed by atoms with Crippen molar-refractivity contribution < 1.29 is 33.6 Å². The summed E-state index contributed by atoms with van der Waals surface area (Å²) in [5.41, 5.74) is 0.459. The van der Waals surface area contributed by atoms with Crippen LogP contribution in [0, 0.1) is 0 Å². The van der Waals surface area contributed by atoms with Gasteiger partial charge in [0.2, 0.25) is 0 Å². The van der Waals surface area contributed by atoms with Gasteiger partial charge in [-0.2, -0.15) is 0 Å². The molecule has 8 heteroatoms. The molecule has 0 atom stereocenters. The van der Waals surface area contributed by atoms with Crippen molar-refractivity contribution >= 4 is 22.7 Å². The van der Waals surface area contributed by atoms with E-state index in [2.05, 4.69) is 9.72 Å². The number of benzene rings is 2. The van der Waals surface area contributed by atoms with E-state index in [9.17, 15) is 14.7 Å². The van der Waals surface area contributed by atoms with Gasteiger partial charge < -0.3 is 24.1 Å². The van der Waals surface area contributed by atoms with Gasteiger partial charge in [-0.05, 0) is 31.2 Å². The van der Waals surface area contributed by atoms with Crippen LogP contribution in [0.2, 0.25) is 0 Å². The summed E-state index contributed by atoms with van der Waals surface area (Å²) in [6.45, 7) is 1.65. The van der Waals surface area contributed by atoms with Gasteiger partial charge in [-0.15, -0.1) is 0 Å². The topological polar surface area (TPSA) is 104 Å². The standard InChI is InChI=1S/C21H19NO7/c1-4-28-21(25)20(24)13-6-5-12(9-16(13)23)29-17-7-8-22-15-11-19(27-3)18(26-2)10-14(15)17/h5-11,23H,4H2,1-3H3. The molecule has 0 saturated heterocycles. The van der Waals surface area contributed by atoms with E-state index in [1.165, 1.54) is 32.4 Å². The highest BCUT2D eigenvalue weighted by Crippen LogP contribution is 2.37. The molecule has 3 aromatic rings. The molecule has 0 fully saturated rings. The zero-order chi connectivity index (χ0) is 21.0. The third-order valence-electron chi connectivity index (χ3n) is 4.11. The fraction of sp³-hybridized carbons (Fsp3) is 0.190. The van der Waals surface area contributed by atoms with Gasteiger partial charge in [0.25, 0.3) is 5.78 Å². The first kappa shape index (κ1) is 19.9. The molecule has 29 heavy (non-hydrogen) atoms. The fourth-order valence-corrected chi connectivity index (χ4v) is 2.74. The van der Waals surface area contributed by atoms with Crippen molar-refractivity contribution in [2.24, 2.45) is 0 Å². The number of Topliss-reactive ketones (excluding diaryl/α,β-unsaturated/α-hetero) is 1. The number of phenolic OH excluding ortho intramolecular Hbond substituents is 1. The number of nitrogens with zero attached hydrogens (tertiary/aromatic N) is 1. The minimum absolute atomic E-state index is 0.0654. The highest BCUT2D eigenvalue weighted by atomic mass is 16.5. The van der Waals surface area contributed by atoms with Crippen LogP contribution in [0.25, 0.3) is 10.9 Å². The van der Waals surface area contributed by atoms with E-state index in [0.29, 0.717) is 28.2 Å². The lowest BCUT2D eigenvalue weighted by atomic mass is 10.1. The zero-order valence-corrected chi connectivity index (χ0v) is 16.1. The number of pyridine rings is 1. The number of ketones is 1. The Morgan fingerprint density at radius 2 is 1.72 bits per heavy atom. The third kappa shape index (κ3) is 4.06. The molecule has 0 bridgehead atoms. The summed E-state index contributed by atoms with van der Waals surface area (Å²) >= 11 is 0. The Morgan fingerprint density at radius 1 is 1.00 bits per heavy atom. The molecule has 2 aromatic carbocycles. The Bertz CT molecular complexity index is 1080. The molecular formula is C21H19NO7. The first-order valence-corrected chi connectivity index (χ1v) is 8.71. The highest BCUT2D eigenvalue weighted by Gasteiger charge is 2.21. The molecular weight excluding hydrogens is 378 g/mol. The van der Waals surface area contributed by atoms with Crippen LogP contribution in [-0.2, 0) is 9.53 Å². The second-order valence-electron chi connectivity index (χ2n) is 5.86. The van der Waals surface area contributed by atoms with E-state index < -0.39 is 17.5 Å². The van der Waals surface area contributed by atoms with Crippen LogP contribution in [0.15, 0.2) is 42.6 Å². The normalized spacial score (nSPS) is 10.4. The quantitative estimate of drug-likeness (QED) is 0.367. The van der Waals surface area contributed by atoms with Crippen molar-refractivity contribution in [2.75, 3.05) is 20.8 Å². The van der Waals surface area contributed by atoms with Gasteiger partial charge in [-0.3, -0.25) is 9.78 Å². The fourth-order valence-electron chi connectivity index (χ4n) is 2.74. The second-order valence-corrected chi connectivity index (χ2v) is 5.86. The van der Waals surface area contributed by atoms with E-state index in [-0.39, 0.29) is 17.9 Å². The SMILES string of the molecule is CCOC(=O)C(=O)c1ccc(Oc2ccnc3cc(OC)c(OC)cc23)cc1O. The van der Waals surface area contributed by atoms with Crippen molar-refractivity contribution in [2.45, 2.75) is 6.92 Å². The number of esters is 1. The number of hydrogen-bond acceptors (Lipinski definition) is 8. The van der Waals surface area contributed by atoms with Gasteiger partial charge in [0.1, 0.15) is 17.2 Å². The predicted molar refractivity (Wildman–Crippen MR) is 104 cm³/mol. The lowest BCUT2D eigenvalue weighted by Crippen LogP contribution is -2.17. The smallest absolute Gasteiger partial charge is 0.379 e. The van der Waals surface area contributed by atoms with Crippen molar-refractivity contribution in [1.29, 1.82) is 0 Å². The lowest BCUT2D eigenvalue weighted by Gasteiger charge is -2.13. The van der Waals surface area contributed by atoms with Gasteiger partial charge in [-0.1, -0.05) is 0 Å². The number of methoxy groups -OCH3 is 2. The van der Waals surface area contributed by atoms with Gasteiger partial charge in [0.15, 0.2) is 11.5 Å². The predicted octanol–water partition coefficient (Wildman–Crippen LogP) is 3.50. The lowest BCUT2D eigenvalue weighted by molar-refractivity contribution is -0.137. The van der Waals surface area contributed by atoms with Gasteiger partial charge in [0, 0.05) is 23.7 Å². The minimum atomic E-state index is -1.03. The Balaban J connectivity index is 1.94. The number of aromatic nitrogens is 1. The maximum absolute atomic E-state index is 12.0. The maximum atomic E-state index is 12.0. The number of fused-ring (bicyclic) bond motifs is 1. The molecule has 0 radical (unpaired) electrons. The summed E-state index contributed by atoms with van der Waals surface area (Å²) in [5.74, 6) is -0.580. The van der Waals surface area contributed by atoms with Crippen molar-refractivity contribution in [1.82, 2.24) is 4.98 Å².